The van der Waals surface area contributed by atoms with Gasteiger partial charge in [-0.05, 0) is 45.3 Å². The van der Waals surface area contributed by atoms with E-state index in [0.717, 1.165) is 30.8 Å². The third-order valence-corrected chi connectivity index (χ3v) is 5.69. The molecule has 1 heterocycles. The molecule has 0 fully saturated rings. The molecule has 1 aromatic rings. The van der Waals surface area contributed by atoms with Crippen LogP contribution in [0.1, 0.15) is 60.7 Å². The summed E-state index contributed by atoms with van der Waals surface area (Å²) < 4.78 is 10.6. The van der Waals surface area contributed by atoms with Crippen molar-refractivity contribution in [3.05, 3.63) is 33.9 Å². The van der Waals surface area contributed by atoms with Crippen LogP contribution in [-0.2, 0) is 22.6 Å². The zero-order valence-electron chi connectivity index (χ0n) is 18.8. The Morgan fingerprint density at radius 1 is 1.30 bits per heavy atom. The molecule has 1 aliphatic heterocycles. The van der Waals surface area contributed by atoms with Crippen LogP contribution in [0.5, 0.6) is 11.5 Å². The lowest BCUT2D eigenvalue weighted by Crippen LogP contribution is -2.34. The van der Waals surface area contributed by atoms with Crippen molar-refractivity contribution in [3.8, 4) is 11.5 Å². The van der Waals surface area contributed by atoms with E-state index in [-0.39, 0.29) is 23.8 Å². The number of hydrogen-bond donors (Lipinski definition) is 2. The van der Waals surface area contributed by atoms with Crippen molar-refractivity contribution in [1.29, 1.82) is 0 Å². The highest BCUT2D eigenvalue weighted by Gasteiger charge is 2.31. The van der Waals surface area contributed by atoms with Gasteiger partial charge in [0.15, 0.2) is 0 Å². The third kappa shape index (κ3) is 5.53. The first-order valence-corrected chi connectivity index (χ1v) is 10.6. The molecule has 0 unspecified atom stereocenters. The van der Waals surface area contributed by atoms with E-state index in [4.69, 9.17) is 9.47 Å². The second kappa shape index (κ2) is 11.0. The summed E-state index contributed by atoms with van der Waals surface area (Å²) in [4.78, 5) is 26.3. The molecule has 0 saturated carbocycles. The molecule has 0 spiro atoms. The lowest BCUT2D eigenvalue weighted by atomic mass is 9.94. The number of phenolic OH excluding ortho intramolecular Hbond substituents is 1. The fourth-order valence-electron chi connectivity index (χ4n) is 3.70. The van der Waals surface area contributed by atoms with Crippen molar-refractivity contribution < 1.29 is 24.2 Å². The van der Waals surface area contributed by atoms with Gasteiger partial charge in [0.2, 0.25) is 5.91 Å². The Morgan fingerprint density at radius 2 is 2.00 bits per heavy atom. The van der Waals surface area contributed by atoms with Crippen LogP contribution in [-0.4, -0.2) is 55.2 Å². The minimum atomic E-state index is -0.503. The molecular weight excluding hydrogens is 384 g/mol. The number of carbonyl (C=O) groups is 2. The average Bonchev–Trinajstić information content (AvgIpc) is 3.13. The Labute approximate surface area is 179 Å². The number of fused-ring (bicyclic) bond motifs is 1. The molecule has 30 heavy (non-hydrogen) atoms. The van der Waals surface area contributed by atoms with Gasteiger partial charge in [-0.3, -0.25) is 4.79 Å². The number of cyclic esters (lactones) is 1. The number of nitrogens with zero attached hydrogens (tertiary/aromatic N) is 1. The Morgan fingerprint density at radius 3 is 2.63 bits per heavy atom. The molecule has 7 heteroatoms. The third-order valence-electron chi connectivity index (χ3n) is 5.69. The number of allylic oxidation sites excluding steroid dienone is 2. The number of hydrogen-bond acceptors (Lipinski definition) is 6. The predicted octanol–water partition coefficient (Wildman–Crippen LogP) is 3.11. The monoisotopic (exact) mass is 418 g/mol. The lowest BCUT2D eigenvalue weighted by Gasteiger charge is -2.18. The normalized spacial score (nSPS) is 13.4. The van der Waals surface area contributed by atoms with Crippen molar-refractivity contribution in [3.63, 3.8) is 0 Å². The van der Waals surface area contributed by atoms with E-state index in [0.29, 0.717) is 42.7 Å². The first kappa shape index (κ1) is 23.7. The number of amides is 1. The topological polar surface area (TPSA) is 88.1 Å². The number of methoxy groups -OCH3 is 1. The Balaban J connectivity index is 1.97. The number of ether oxygens (including phenoxy) is 2. The van der Waals surface area contributed by atoms with Crippen LogP contribution in [0.3, 0.4) is 0 Å². The van der Waals surface area contributed by atoms with Gasteiger partial charge < -0.3 is 24.8 Å². The van der Waals surface area contributed by atoms with E-state index in [1.165, 1.54) is 0 Å². The Hall–Kier alpha value is -2.54. The van der Waals surface area contributed by atoms with E-state index < -0.39 is 5.97 Å². The molecule has 2 N–H and O–H groups in total. The molecule has 1 amide bonds. The summed E-state index contributed by atoms with van der Waals surface area (Å²) in [5.41, 5.74) is 3.33. The number of esters is 1. The van der Waals surface area contributed by atoms with Crippen LogP contribution in [0.15, 0.2) is 11.6 Å². The highest BCUT2D eigenvalue weighted by Crippen LogP contribution is 2.42. The lowest BCUT2D eigenvalue weighted by molar-refractivity contribution is -0.121. The van der Waals surface area contributed by atoms with Crippen molar-refractivity contribution in [1.82, 2.24) is 10.2 Å². The summed E-state index contributed by atoms with van der Waals surface area (Å²) in [7, 11) is 1.55. The number of rotatable bonds is 11. The number of nitrogens with one attached hydrogen (secondary N) is 1. The molecule has 0 saturated heterocycles. The number of benzene rings is 1. The Kier molecular flexibility index (Phi) is 8.72. The van der Waals surface area contributed by atoms with Gasteiger partial charge in [-0.2, -0.15) is 0 Å². The fraction of sp³-hybridized carbons (Fsp3) is 0.565. The van der Waals surface area contributed by atoms with Crippen LogP contribution in [0, 0.1) is 6.92 Å². The largest absolute Gasteiger partial charge is 0.507 e. The summed E-state index contributed by atoms with van der Waals surface area (Å²) >= 11 is 0. The van der Waals surface area contributed by atoms with Crippen LogP contribution in [0.4, 0.5) is 0 Å². The van der Waals surface area contributed by atoms with Gasteiger partial charge in [-0.15, -0.1) is 0 Å². The average molecular weight is 419 g/mol. The zero-order chi connectivity index (χ0) is 22.3. The van der Waals surface area contributed by atoms with Crippen molar-refractivity contribution in [2.75, 3.05) is 33.3 Å². The molecule has 2 rings (SSSR count). The van der Waals surface area contributed by atoms with E-state index >= 15 is 0 Å². The van der Waals surface area contributed by atoms with E-state index in [1.54, 1.807) is 7.11 Å². The minimum absolute atomic E-state index is 0.0338. The van der Waals surface area contributed by atoms with Crippen LogP contribution < -0.4 is 10.1 Å². The SMILES string of the molecule is CCN(CC)CCNC(=O)CC/C(C)=C/Cc1c(O)c2c(c(C)c1OC)COC2=O. The van der Waals surface area contributed by atoms with Gasteiger partial charge in [0.1, 0.15) is 23.7 Å². The van der Waals surface area contributed by atoms with Crippen LogP contribution in [0.25, 0.3) is 0 Å². The smallest absolute Gasteiger partial charge is 0.342 e. The Bertz CT molecular complexity index is 813. The molecule has 0 bridgehead atoms. The van der Waals surface area contributed by atoms with Gasteiger partial charge in [-0.1, -0.05) is 25.5 Å². The molecule has 0 atom stereocenters. The molecule has 0 aromatic heterocycles. The van der Waals surface area contributed by atoms with E-state index in [9.17, 15) is 14.7 Å². The molecule has 7 nitrogen and oxygen atoms in total. The van der Waals surface area contributed by atoms with Gasteiger partial charge in [-0.25, -0.2) is 4.79 Å². The second-order valence-corrected chi connectivity index (χ2v) is 7.55. The van der Waals surface area contributed by atoms with Gasteiger partial charge in [0, 0.05) is 30.6 Å². The standard InChI is InChI=1S/C23H34N2O5/c1-6-25(7-2)13-12-24-19(26)11-9-15(3)8-10-17-21(27)20-18(14-30-23(20)28)16(4)22(17)29-5/h8,27H,6-7,9-14H2,1-5H3,(H,24,26)/b15-8+. The van der Waals surface area contributed by atoms with Crippen molar-refractivity contribution in [2.24, 2.45) is 0 Å². The van der Waals surface area contributed by atoms with Gasteiger partial charge >= 0.3 is 5.97 Å². The van der Waals surface area contributed by atoms with Crippen molar-refractivity contribution in [2.45, 2.75) is 53.6 Å². The highest BCUT2D eigenvalue weighted by atomic mass is 16.5. The fourth-order valence-corrected chi connectivity index (χ4v) is 3.70. The quantitative estimate of drug-likeness (QED) is 0.424. The maximum absolute atomic E-state index is 12.1. The first-order valence-electron chi connectivity index (χ1n) is 10.6. The minimum Gasteiger partial charge on any atom is -0.507 e. The molecule has 0 radical (unpaired) electrons. The molecule has 1 aromatic carbocycles. The van der Waals surface area contributed by atoms with Crippen LogP contribution >= 0.6 is 0 Å². The summed E-state index contributed by atoms with van der Waals surface area (Å²) in [5.74, 6) is 0.0268. The summed E-state index contributed by atoms with van der Waals surface area (Å²) in [5, 5.41) is 13.6. The number of aromatic hydroxyl groups is 1. The molecule has 166 valence electrons. The molecule has 0 aliphatic carbocycles. The summed E-state index contributed by atoms with van der Waals surface area (Å²) in [6, 6.07) is 0. The van der Waals surface area contributed by atoms with Gasteiger partial charge in [0.25, 0.3) is 0 Å². The van der Waals surface area contributed by atoms with Crippen molar-refractivity contribution >= 4 is 11.9 Å². The summed E-state index contributed by atoms with van der Waals surface area (Å²) in [6.45, 7) is 11.7. The number of carbonyl (C=O) groups excluding carboxylic acids is 2. The van der Waals surface area contributed by atoms with Gasteiger partial charge in [0.05, 0.1) is 7.11 Å². The van der Waals surface area contributed by atoms with Crippen LogP contribution in [0.2, 0.25) is 0 Å². The second-order valence-electron chi connectivity index (χ2n) is 7.55. The predicted molar refractivity (Wildman–Crippen MR) is 116 cm³/mol. The molecular formula is C23H34N2O5. The highest BCUT2D eigenvalue weighted by molar-refractivity contribution is 5.98. The summed E-state index contributed by atoms with van der Waals surface area (Å²) in [6.07, 6.45) is 3.42. The number of likely N-dealkylation sites (N-methyl/N-ethyl adjacent to an activating group) is 1. The van der Waals surface area contributed by atoms with E-state index in [2.05, 4.69) is 24.1 Å². The maximum atomic E-state index is 12.1. The maximum Gasteiger partial charge on any atom is 0.342 e. The number of phenols is 1. The molecule has 1 aliphatic rings. The first-order chi connectivity index (χ1) is 14.3. The zero-order valence-corrected chi connectivity index (χ0v) is 18.8. The van der Waals surface area contributed by atoms with E-state index in [1.807, 2.05) is 19.9 Å².